The fraction of sp³-hybridized carbons (Fsp3) is 0.533. The first-order valence-corrected chi connectivity index (χ1v) is 6.84. The van der Waals surface area contributed by atoms with Gasteiger partial charge in [-0.2, -0.15) is 0 Å². The molecular formula is C15H22N2O. The summed E-state index contributed by atoms with van der Waals surface area (Å²) in [5.41, 5.74) is 8.21. The molecule has 3 heteroatoms. The number of hydrogen-bond acceptors (Lipinski definition) is 2. The number of benzene rings is 1. The van der Waals surface area contributed by atoms with E-state index in [1.165, 1.54) is 19.3 Å². The standard InChI is InChI=1S/C15H22N2O/c1-12-7-8-13(16)11-14(12)15(18)17-9-5-3-2-4-6-10-17/h7-8,11H,2-6,9-10,16H2,1H3. The minimum absolute atomic E-state index is 0.140. The molecule has 1 saturated heterocycles. The number of nitrogens with two attached hydrogens (primary N) is 1. The lowest BCUT2D eigenvalue weighted by Gasteiger charge is -2.25. The van der Waals surface area contributed by atoms with Crippen molar-refractivity contribution >= 4 is 11.6 Å². The van der Waals surface area contributed by atoms with E-state index < -0.39 is 0 Å². The monoisotopic (exact) mass is 246 g/mol. The number of carbonyl (C=O) groups excluding carboxylic acids is 1. The Morgan fingerprint density at radius 1 is 1.11 bits per heavy atom. The molecule has 0 spiro atoms. The van der Waals surface area contributed by atoms with E-state index in [9.17, 15) is 4.79 Å². The molecule has 0 saturated carbocycles. The van der Waals surface area contributed by atoms with E-state index in [1.807, 2.05) is 24.0 Å². The molecule has 2 rings (SSSR count). The van der Waals surface area contributed by atoms with Crippen LogP contribution in [0, 0.1) is 6.92 Å². The van der Waals surface area contributed by atoms with Crippen LogP contribution in [0.15, 0.2) is 18.2 Å². The molecule has 2 N–H and O–H groups in total. The lowest BCUT2D eigenvalue weighted by molar-refractivity contribution is 0.0741. The van der Waals surface area contributed by atoms with Gasteiger partial charge >= 0.3 is 0 Å². The van der Waals surface area contributed by atoms with Gasteiger partial charge in [0.05, 0.1) is 0 Å². The van der Waals surface area contributed by atoms with Crippen molar-refractivity contribution in [3.63, 3.8) is 0 Å². The summed E-state index contributed by atoms with van der Waals surface area (Å²) in [6, 6.07) is 5.57. The summed E-state index contributed by atoms with van der Waals surface area (Å²) < 4.78 is 0. The Morgan fingerprint density at radius 3 is 2.39 bits per heavy atom. The van der Waals surface area contributed by atoms with Gasteiger partial charge in [0, 0.05) is 24.3 Å². The van der Waals surface area contributed by atoms with Crippen LogP contribution >= 0.6 is 0 Å². The van der Waals surface area contributed by atoms with Crippen molar-refractivity contribution in [1.29, 1.82) is 0 Å². The summed E-state index contributed by atoms with van der Waals surface area (Å²) in [5.74, 6) is 0.140. The maximum Gasteiger partial charge on any atom is 0.254 e. The topological polar surface area (TPSA) is 46.3 Å². The highest BCUT2D eigenvalue weighted by molar-refractivity contribution is 5.96. The minimum Gasteiger partial charge on any atom is -0.399 e. The van der Waals surface area contributed by atoms with Crippen LogP contribution in [0.5, 0.6) is 0 Å². The Labute approximate surface area is 109 Å². The molecule has 0 unspecified atom stereocenters. The number of hydrogen-bond donors (Lipinski definition) is 1. The number of carbonyl (C=O) groups is 1. The molecule has 0 aromatic heterocycles. The quantitative estimate of drug-likeness (QED) is 0.774. The van der Waals surface area contributed by atoms with Crippen LogP contribution in [0.25, 0.3) is 0 Å². The highest BCUT2D eigenvalue weighted by Crippen LogP contribution is 2.18. The number of nitrogen functional groups attached to an aromatic ring is 1. The Bertz CT molecular complexity index is 421. The van der Waals surface area contributed by atoms with Crippen molar-refractivity contribution in [2.75, 3.05) is 18.8 Å². The summed E-state index contributed by atoms with van der Waals surface area (Å²) >= 11 is 0. The average Bonchev–Trinajstić information content (AvgIpc) is 2.31. The second-order valence-corrected chi connectivity index (χ2v) is 5.13. The van der Waals surface area contributed by atoms with Crippen molar-refractivity contribution in [2.24, 2.45) is 0 Å². The molecule has 1 heterocycles. The van der Waals surface area contributed by atoms with E-state index in [2.05, 4.69) is 0 Å². The first-order chi connectivity index (χ1) is 8.68. The molecule has 18 heavy (non-hydrogen) atoms. The van der Waals surface area contributed by atoms with E-state index in [1.54, 1.807) is 6.07 Å². The van der Waals surface area contributed by atoms with Crippen LogP contribution in [0.1, 0.15) is 48.0 Å². The molecule has 1 fully saturated rings. The average molecular weight is 246 g/mol. The summed E-state index contributed by atoms with van der Waals surface area (Å²) in [6.07, 6.45) is 6.01. The summed E-state index contributed by atoms with van der Waals surface area (Å²) in [7, 11) is 0. The van der Waals surface area contributed by atoms with Gasteiger partial charge in [-0.15, -0.1) is 0 Å². The van der Waals surface area contributed by atoms with Crippen LogP contribution in [-0.4, -0.2) is 23.9 Å². The fourth-order valence-corrected chi connectivity index (χ4v) is 2.49. The van der Waals surface area contributed by atoms with E-state index in [0.717, 1.165) is 37.1 Å². The Kier molecular flexibility index (Phi) is 4.24. The number of rotatable bonds is 1. The van der Waals surface area contributed by atoms with Crippen LogP contribution in [0.4, 0.5) is 5.69 Å². The van der Waals surface area contributed by atoms with Crippen molar-refractivity contribution < 1.29 is 4.79 Å². The van der Waals surface area contributed by atoms with Gasteiger partial charge in [0.2, 0.25) is 0 Å². The van der Waals surface area contributed by atoms with Crippen molar-refractivity contribution in [2.45, 2.75) is 39.0 Å². The van der Waals surface area contributed by atoms with Crippen LogP contribution < -0.4 is 5.73 Å². The zero-order chi connectivity index (χ0) is 13.0. The lowest BCUT2D eigenvalue weighted by Crippen LogP contribution is -2.34. The molecule has 1 aliphatic heterocycles. The third kappa shape index (κ3) is 3.03. The number of nitrogens with zero attached hydrogens (tertiary/aromatic N) is 1. The van der Waals surface area contributed by atoms with E-state index >= 15 is 0 Å². The van der Waals surface area contributed by atoms with Crippen LogP contribution in [0.3, 0.4) is 0 Å². The molecule has 98 valence electrons. The summed E-state index contributed by atoms with van der Waals surface area (Å²) in [5, 5.41) is 0. The van der Waals surface area contributed by atoms with E-state index in [0.29, 0.717) is 5.69 Å². The molecule has 0 atom stereocenters. The van der Waals surface area contributed by atoms with Crippen molar-refractivity contribution in [3.05, 3.63) is 29.3 Å². The first-order valence-electron chi connectivity index (χ1n) is 6.84. The van der Waals surface area contributed by atoms with Gasteiger partial charge in [0.1, 0.15) is 0 Å². The third-order valence-electron chi connectivity index (χ3n) is 3.64. The SMILES string of the molecule is Cc1ccc(N)cc1C(=O)N1CCCCCCC1. The fourth-order valence-electron chi connectivity index (χ4n) is 2.49. The van der Waals surface area contributed by atoms with Gasteiger partial charge in [0.25, 0.3) is 5.91 Å². The second-order valence-electron chi connectivity index (χ2n) is 5.13. The zero-order valence-electron chi connectivity index (χ0n) is 11.1. The van der Waals surface area contributed by atoms with E-state index in [-0.39, 0.29) is 5.91 Å². The highest BCUT2D eigenvalue weighted by atomic mass is 16.2. The smallest absolute Gasteiger partial charge is 0.254 e. The van der Waals surface area contributed by atoms with Gasteiger partial charge in [0.15, 0.2) is 0 Å². The van der Waals surface area contributed by atoms with Gasteiger partial charge in [-0.3, -0.25) is 4.79 Å². The Balaban J connectivity index is 2.15. The van der Waals surface area contributed by atoms with E-state index in [4.69, 9.17) is 5.73 Å². The Morgan fingerprint density at radius 2 is 1.72 bits per heavy atom. The molecular weight excluding hydrogens is 224 g/mol. The van der Waals surface area contributed by atoms with Gasteiger partial charge < -0.3 is 10.6 Å². The van der Waals surface area contributed by atoms with Crippen molar-refractivity contribution in [1.82, 2.24) is 4.90 Å². The predicted octanol–water partition coefficient (Wildman–Crippen LogP) is 2.98. The van der Waals surface area contributed by atoms with Gasteiger partial charge in [-0.25, -0.2) is 0 Å². The zero-order valence-corrected chi connectivity index (χ0v) is 11.1. The first kappa shape index (κ1) is 12.9. The number of likely N-dealkylation sites (tertiary alicyclic amines) is 1. The predicted molar refractivity (Wildman–Crippen MR) is 74.6 cm³/mol. The molecule has 1 amide bonds. The molecule has 0 aliphatic carbocycles. The maximum absolute atomic E-state index is 12.5. The van der Waals surface area contributed by atoms with Crippen molar-refractivity contribution in [3.8, 4) is 0 Å². The molecule has 1 aliphatic rings. The molecule has 1 aromatic rings. The summed E-state index contributed by atoms with van der Waals surface area (Å²) in [4.78, 5) is 14.5. The Hall–Kier alpha value is -1.51. The lowest BCUT2D eigenvalue weighted by atomic mass is 10.0. The maximum atomic E-state index is 12.5. The van der Waals surface area contributed by atoms with Gasteiger partial charge in [-0.05, 0) is 37.5 Å². The molecule has 0 bridgehead atoms. The normalized spacial score (nSPS) is 17.1. The molecule has 3 nitrogen and oxygen atoms in total. The van der Waals surface area contributed by atoms with Crippen LogP contribution in [0.2, 0.25) is 0 Å². The van der Waals surface area contributed by atoms with Gasteiger partial charge in [-0.1, -0.05) is 25.3 Å². The number of amides is 1. The largest absolute Gasteiger partial charge is 0.399 e. The second kappa shape index (κ2) is 5.89. The highest BCUT2D eigenvalue weighted by Gasteiger charge is 2.18. The number of anilines is 1. The molecule has 1 aromatic carbocycles. The molecule has 0 radical (unpaired) electrons. The number of aryl methyl sites for hydroxylation is 1. The summed E-state index contributed by atoms with van der Waals surface area (Å²) in [6.45, 7) is 3.73. The third-order valence-corrected chi connectivity index (χ3v) is 3.64. The van der Waals surface area contributed by atoms with Crippen LogP contribution in [-0.2, 0) is 0 Å². The minimum atomic E-state index is 0.140.